The van der Waals surface area contributed by atoms with E-state index in [0.717, 1.165) is 16.9 Å². The highest BCUT2D eigenvalue weighted by Gasteiger charge is 2.13. The monoisotopic (exact) mass is 332 g/mol. The highest BCUT2D eigenvalue weighted by Crippen LogP contribution is 2.25. The van der Waals surface area contributed by atoms with Gasteiger partial charge in [0.25, 0.3) is 0 Å². The number of fused-ring (bicyclic) bond motifs is 2. The third-order valence-corrected chi connectivity index (χ3v) is 3.88. The number of nitrogens with zero attached hydrogens (tertiary/aromatic N) is 8. The Kier molecular flexibility index (Phi) is 2.71. The molecule has 0 atom stereocenters. The predicted molar refractivity (Wildman–Crippen MR) is 90.6 cm³/mol. The van der Waals surface area contributed by atoms with Crippen LogP contribution in [0.5, 0.6) is 0 Å². The lowest BCUT2D eigenvalue weighted by molar-refractivity contribution is 0.832. The average molecular weight is 332 g/mol. The van der Waals surface area contributed by atoms with E-state index in [4.69, 9.17) is 5.84 Å². The van der Waals surface area contributed by atoms with Gasteiger partial charge in [-0.15, -0.1) is 0 Å². The van der Waals surface area contributed by atoms with Gasteiger partial charge in [0, 0.05) is 24.2 Å². The normalized spacial score (nSPS) is 11.4. The summed E-state index contributed by atoms with van der Waals surface area (Å²) in [5.74, 6) is 6.26. The van der Waals surface area contributed by atoms with Gasteiger partial charge >= 0.3 is 0 Å². The molecule has 10 heteroatoms. The molecule has 5 rings (SSSR count). The van der Waals surface area contributed by atoms with Gasteiger partial charge in [0.05, 0.1) is 30.0 Å². The van der Waals surface area contributed by atoms with E-state index in [1.165, 1.54) is 11.1 Å². The van der Waals surface area contributed by atoms with E-state index in [1.54, 1.807) is 29.3 Å². The van der Waals surface area contributed by atoms with Crippen LogP contribution >= 0.6 is 0 Å². The van der Waals surface area contributed by atoms with Crippen LogP contribution in [-0.2, 0) is 0 Å². The third-order valence-electron chi connectivity index (χ3n) is 3.88. The van der Waals surface area contributed by atoms with Crippen molar-refractivity contribution in [2.24, 2.45) is 0 Å². The molecule has 122 valence electrons. The molecule has 3 N–H and O–H groups in total. The van der Waals surface area contributed by atoms with Gasteiger partial charge in [-0.3, -0.25) is 4.40 Å². The highest BCUT2D eigenvalue weighted by molar-refractivity contribution is 5.79. The second-order valence-electron chi connectivity index (χ2n) is 5.40. The maximum atomic E-state index is 5.64. The fourth-order valence-corrected chi connectivity index (χ4v) is 2.76. The summed E-state index contributed by atoms with van der Waals surface area (Å²) in [5, 5.41) is 11.4. The van der Waals surface area contributed by atoms with Crippen LogP contribution in [-0.4, -0.2) is 38.9 Å². The first-order chi connectivity index (χ1) is 12.3. The number of nitrogen functional groups attached to an aromatic ring is 1. The van der Waals surface area contributed by atoms with Crippen LogP contribution < -0.4 is 11.2 Å². The maximum Gasteiger partial charge on any atom is 0.180 e. The van der Waals surface area contributed by atoms with Crippen molar-refractivity contribution in [2.75, 3.05) is 11.2 Å². The molecule has 0 aromatic carbocycles. The second kappa shape index (κ2) is 5.03. The first-order valence-electron chi connectivity index (χ1n) is 7.47. The lowest BCUT2D eigenvalue weighted by Crippen LogP contribution is -2.07. The average Bonchev–Trinajstić information content (AvgIpc) is 3.33. The van der Waals surface area contributed by atoms with Crippen molar-refractivity contribution < 1.29 is 0 Å². The largest absolute Gasteiger partial charge is 0.334 e. The van der Waals surface area contributed by atoms with Crippen molar-refractivity contribution >= 4 is 22.8 Å². The fourth-order valence-electron chi connectivity index (χ4n) is 2.76. The zero-order valence-corrected chi connectivity index (χ0v) is 12.9. The number of rotatable bonds is 3. The Labute approximate surface area is 140 Å². The zero-order valence-electron chi connectivity index (χ0n) is 12.9. The summed E-state index contributed by atoms with van der Waals surface area (Å²) in [6, 6.07) is 3.80. The standard InChI is InChI=1S/C15H12N10/c16-25-8-10(6-20-25)12-7-18-15-13(17-3-5-23(12)15)22-11-2-1-4-24-14(11)19-9-21-24/h1-9H,16H2,(H,17,22). The summed E-state index contributed by atoms with van der Waals surface area (Å²) in [6.07, 6.45) is 12.1. The molecule has 0 aliphatic heterocycles. The SMILES string of the molecule is Nn1cc(-c2cnc3c(Nc4cccn5ncnc45)nccn23)cn1. The first-order valence-corrected chi connectivity index (χ1v) is 7.47. The molecule has 0 radical (unpaired) electrons. The van der Waals surface area contributed by atoms with E-state index < -0.39 is 0 Å². The number of hydrogen-bond acceptors (Lipinski definition) is 7. The summed E-state index contributed by atoms with van der Waals surface area (Å²) in [4.78, 5) is 14.4. The smallest absolute Gasteiger partial charge is 0.180 e. The Morgan fingerprint density at radius 3 is 2.84 bits per heavy atom. The van der Waals surface area contributed by atoms with Gasteiger partial charge in [0.1, 0.15) is 6.33 Å². The van der Waals surface area contributed by atoms with Gasteiger partial charge in [0.15, 0.2) is 17.1 Å². The Morgan fingerprint density at radius 2 is 1.96 bits per heavy atom. The number of aromatic nitrogens is 8. The van der Waals surface area contributed by atoms with Crippen molar-refractivity contribution in [1.82, 2.24) is 38.9 Å². The summed E-state index contributed by atoms with van der Waals surface area (Å²) < 4.78 is 3.62. The van der Waals surface area contributed by atoms with Crippen molar-refractivity contribution in [1.29, 1.82) is 0 Å². The molecule has 0 saturated carbocycles. The van der Waals surface area contributed by atoms with E-state index in [0.29, 0.717) is 17.1 Å². The fraction of sp³-hybridized carbons (Fsp3) is 0. The van der Waals surface area contributed by atoms with Crippen LogP contribution in [0.15, 0.2) is 55.6 Å². The quantitative estimate of drug-likeness (QED) is 0.475. The Balaban J connectivity index is 1.63. The molecule has 25 heavy (non-hydrogen) atoms. The van der Waals surface area contributed by atoms with Crippen LogP contribution in [0.2, 0.25) is 0 Å². The number of nitrogens with one attached hydrogen (secondary N) is 1. The molecule has 5 aromatic rings. The number of pyridine rings is 1. The molecule has 0 fully saturated rings. The van der Waals surface area contributed by atoms with Gasteiger partial charge < -0.3 is 11.2 Å². The zero-order chi connectivity index (χ0) is 16.8. The minimum Gasteiger partial charge on any atom is -0.334 e. The predicted octanol–water partition coefficient (Wildman–Crippen LogP) is 1.09. The lowest BCUT2D eigenvalue weighted by atomic mass is 10.3. The summed E-state index contributed by atoms with van der Waals surface area (Å²) in [7, 11) is 0. The molecule has 5 heterocycles. The van der Waals surface area contributed by atoms with Crippen LogP contribution in [0.1, 0.15) is 0 Å². The van der Waals surface area contributed by atoms with Crippen molar-refractivity contribution in [3.63, 3.8) is 0 Å². The summed E-state index contributed by atoms with van der Waals surface area (Å²) in [5.41, 5.74) is 3.93. The molecular formula is C15H12N10. The highest BCUT2D eigenvalue weighted by atomic mass is 15.5. The van der Waals surface area contributed by atoms with Gasteiger partial charge in [-0.25, -0.2) is 19.5 Å². The molecule has 0 unspecified atom stereocenters. The molecule has 0 aliphatic rings. The van der Waals surface area contributed by atoms with Gasteiger partial charge in [0.2, 0.25) is 0 Å². The van der Waals surface area contributed by atoms with Crippen molar-refractivity contribution in [2.45, 2.75) is 0 Å². The molecule has 0 saturated heterocycles. The van der Waals surface area contributed by atoms with E-state index >= 15 is 0 Å². The van der Waals surface area contributed by atoms with E-state index in [-0.39, 0.29) is 0 Å². The number of nitrogens with two attached hydrogens (primary N) is 1. The van der Waals surface area contributed by atoms with E-state index in [9.17, 15) is 0 Å². The summed E-state index contributed by atoms with van der Waals surface area (Å²) in [6.45, 7) is 0. The molecule has 0 aliphatic carbocycles. The Hall–Kier alpha value is -3.95. The Bertz CT molecular complexity index is 1200. The number of anilines is 2. The van der Waals surface area contributed by atoms with Crippen LogP contribution in [0.3, 0.4) is 0 Å². The van der Waals surface area contributed by atoms with Crippen LogP contribution in [0, 0.1) is 0 Å². The van der Waals surface area contributed by atoms with E-state index in [2.05, 4.69) is 30.5 Å². The van der Waals surface area contributed by atoms with Gasteiger partial charge in [-0.1, -0.05) is 0 Å². The van der Waals surface area contributed by atoms with Gasteiger partial charge in [-0.2, -0.15) is 15.0 Å². The molecule has 0 spiro atoms. The number of imidazole rings is 1. The molecule has 5 aromatic heterocycles. The lowest BCUT2D eigenvalue weighted by Gasteiger charge is -2.08. The molecule has 0 amide bonds. The minimum absolute atomic E-state index is 0.616. The minimum atomic E-state index is 0.616. The molecule has 10 nitrogen and oxygen atoms in total. The number of hydrogen-bond donors (Lipinski definition) is 2. The van der Waals surface area contributed by atoms with Crippen molar-refractivity contribution in [3.05, 3.63) is 55.6 Å². The third kappa shape index (κ3) is 2.08. The van der Waals surface area contributed by atoms with E-state index in [1.807, 2.05) is 28.9 Å². The second-order valence-corrected chi connectivity index (χ2v) is 5.40. The summed E-state index contributed by atoms with van der Waals surface area (Å²) >= 11 is 0. The van der Waals surface area contributed by atoms with Crippen LogP contribution in [0.25, 0.3) is 22.6 Å². The van der Waals surface area contributed by atoms with Gasteiger partial charge in [-0.05, 0) is 12.1 Å². The Morgan fingerprint density at radius 1 is 1.00 bits per heavy atom. The van der Waals surface area contributed by atoms with Crippen LogP contribution in [0.4, 0.5) is 11.5 Å². The maximum absolute atomic E-state index is 5.64. The topological polar surface area (TPSA) is 116 Å². The first kappa shape index (κ1) is 13.5. The molecule has 0 bridgehead atoms. The molecular weight excluding hydrogens is 320 g/mol. The van der Waals surface area contributed by atoms with Crippen molar-refractivity contribution in [3.8, 4) is 11.3 Å².